The Bertz CT molecular complexity index is 431. The van der Waals surface area contributed by atoms with Crippen molar-refractivity contribution in [3.05, 3.63) is 23.4 Å². The Kier molecular flexibility index (Phi) is 3.60. The van der Waals surface area contributed by atoms with Crippen LogP contribution in [0.1, 0.15) is 36.8 Å². The molecule has 0 aliphatic heterocycles. The molecule has 1 aromatic rings. The minimum Gasteiger partial charge on any atom is -0.393 e. The summed E-state index contributed by atoms with van der Waals surface area (Å²) in [4.78, 5) is 4.23. The van der Waals surface area contributed by atoms with Gasteiger partial charge < -0.3 is 10.4 Å². The summed E-state index contributed by atoms with van der Waals surface area (Å²) in [6, 6.07) is 4.35. The molecule has 1 aromatic heterocycles. The van der Waals surface area contributed by atoms with Gasteiger partial charge in [-0.05, 0) is 44.2 Å². The van der Waals surface area contributed by atoms with E-state index in [-0.39, 0.29) is 6.10 Å². The van der Waals surface area contributed by atoms with E-state index in [4.69, 9.17) is 5.26 Å². The van der Waals surface area contributed by atoms with Crippen molar-refractivity contribution >= 4 is 5.82 Å². The third kappa shape index (κ3) is 2.75. The zero-order valence-corrected chi connectivity index (χ0v) is 9.98. The van der Waals surface area contributed by atoms with E-state index in [9.17, 15) is 5.11 Å². The molecule has 1 saturated carbocycles. The van der Waals surface area contributed by atoms with Crippen LogP contribution < -0.4 is 5.32 Å². The van der Waals surface area contributed by atoms with Crippen molar-refractivity contribution in [2.45, 2.75) is 44.8 Å². The number of aromatic nitrogens is 1. The minimum atomic E-state index is -0.158. The van der Waals surface area contributed by atoms with Crippen molar-refractivity contribution in [1.29, 1.82) is 5.26 Å². The molecule has 1 heterocycles. The summed E-state index contributed by atoms with van der Waals surface area (Å²) in [5.74, 6) is 0.675. The van der Waals surface area contributed by atoms with Gasteiger partial charge >= 0.3 is 0 Å². The Labute approximate surface area is 101 Å². The van der Waals surface area contributed by atoms with Crippen molar-refractivity contribution in [2.24, 2.45) is 0 Å². The first kappa shape index (κ1) is 11.9. The second kappa shape index (κ2) is 5.15. The molecule has 4 nitrogen and oxygen atoms in total. The quantitative estimate of drug-likeness (QED) is 0.816. The molecule has 0 unspecified atom stereocenters. The Hall–Kier alpha value is -1.60. The van der Waals surface area contributed by atoms with Crippen molar-refractivity contribution in [1.82, 2.24) is 4.98 Å². The molecule has 0 bridgehead atoms. The normalized spacial score (nSPS) is 24.1. The van der Waals surface area contributed by atoms with E-state index >= 15 is 0 Å². The van der Waals surface area contributed by atoms with Crippen molar-refractivity contribution < 1.29 is 5.11 Å². The fraction of sp³-hybridized carbons (Fsp3) is 0.538. The van der Waals surface area contributed by atoms with Gasteiger partial charge in [-0.2, -0.15) is 5.26 Å². The molecule has 4 heteroatoms. The van der Waals surface area contributed by atoms with Gasteiger partial charge in [-0.1, -0.05) is 0 Å². The van der Waals surface area contributed by atoms with Crippen LogP contribution in [0.3, 0.4) is 0 Å². The molecule has 1 aliphatic rings. The van der Waals surface area contributed by atoms with Crippen LogP contribution >= 0.6 is 0 Å². The molecular formula is C13H17N3O. The maximum Gasteiger partial charge on any atom is 0.144 e. The molecule has 90 valence electrons. The van der Waals surface area contributed by atoms with Crippen LogP contribution in [-0.4, -0.2) is 22.2 Å². The molecule has 17 heavy (non-hydrogen) atoms. The standard InChI is InChI=1S/C13H17N3O/c1-9-6-7-15-13(12(9)8-14)16-10-2-4-11(17)5-3-10/h6-7,10-11,17H,2-5H2,1H3,(H,15,16). The number of anilines is 1. The fourth-order valence-corrected chi connectivity index (χ4v) is 2.22. The Balaban J connectivity index is 2.09. The van der Waals surface area contributed by atoms with Gasteiger partial charge in [-0.25, -0.2) is 4.98 Å². The second-order valence-corrected chi connectivity index (χ2v) is 4.61. The summed E-state index contributed by atoms with van der Waals surface area (Å²) in [7, 11) is 0. The lowest BCUT2D eigenvalue weighted by Gasteiger charge is -2.27. The largest absolute Gasteiger partial charge is 0.393 e. The number of pyridine rings is 1. The molecule has 2 N–H and O–H groups in total. The highest BCUT2D eigenvalue weighted by Gasteiger charge is 2.20. The van der Waals surface area contributed by atoms with Crippen LogP contribution in [0.15, 0.2) is 12.3 Å². The summed E-state index contributed by atoms with van der Waals surface area (Å²) in [6.07, 6.45) is 5.07. The van der Waals surface area contributed by atoms with Crippen LogP contribution in [0, 0.1) is 18.3 Å². The fourth-order valence-electron chi connectivity index (χ4n) is 2.22. The second-order valence-electron chi connectivity index (χ2n) is 4.61. The van der Waals surface area contributed by atoms with Crippen LogP contribution in [-0.2, 0) is 0 Å². The van der Waals surface area contributed by atoms with E-state index in [1.54, 1.807) is 6.20 Å². The molecule has 0 spiro atoms. The molecule has 0 saturated heterocycles. The van der Waals surface area contributed by atoms with E-state index in [2.05, 4.69) is 16.4 Å². The van der Waals surface area contributed by atoms with Crippen molar-refractivity contribution in [2.75, 3.05) is 5.32 Å². The lowest BCUT2D eigenvalue weighted by Crippen LogP contribution is -2.28. The van der Waals surface area contributed by atoms with Crippen LogP contribution in [0.4, 0.5) is 5.82 Å². The predicted octanol–water partition coefficient (Wildman–Crippen LogP) is 1.98. The topological polar surface area (TPSA) is 68.9 Å². The third-order valence-corrected chi connectivity index (χ3v) is 3.31. The number of aliphatic hydroxyl groups excluding tert-OH is 1. The monoisotopic (exact) mass is 231 g/mol. The maximum atomic E-state index is 9.44. The van der Waals surface area contributed by atoms with Crippen molar-refractivity contribution in [3.8, 4) is 6.07 Å². The van der Waals surface area contributed by atoms with E-state index in [0.29, 0.717) is 17.4 Å². The maximum absolute atomic E-state index is 9.44. The number of rotatable bonds is 2. The summed E-state index contributed by atoms with van der Waals surface area (Å²) < 4.78 is 0. The molecule has 1 aliphatic carbocycles. The number of nitrogens with zero attached hydrogens (tertiary/aromatic N) is 2. The average molecular weight is 231 g/mol. The summed E-state index contributed by atoms with van der Waals surface area (Å²) in [6.45, 7) is 1.91. The number of nitriles is 1. The molecule has 0 radical (unpaired) electrons. The first-order chi connectivity index (χ1) is 8.20. The van der Waals surface area contributed by atoms with Crippen LogP contribution in [0.2, 0.25) is 0 Å². The highest BCUT2D eigenvalue weighted by atomic mass is 16.3. The van der Waals surface area contributed by atoms with E-state index < -0.39 is 0 Å². The molecule has 0 aromatic carbocycles. The van der Waals surface area contributed by atoms with E-state index in [0.717, 1.165) is 31.2 Å². The number of hydrogen-bond donors (Lipinski definition) is 2. The smallest absolute Gasteiger partial charge is 0.144 e. The first-order valence-electron chi connectivity index (χ1n) is 6.01. The number of aryl methyl sites for hydroxylation is 1. The highest BCUT2D eigenvalue weighted by Crippen LogP contribution is 2.23. The lowest BCUT2D eigenvalue weighted by atomic mass is 9.93. The Morgan fingerprint density at radius 1 is 1.41 bits per heavy atom. The van der Waals surface area contributed by atoms with Gasteiger partial charge in [0.1, 0.15) is 11.9 Å². The Morgan fingerprint density at radius 2 is 2.12 bits per heavy atom. The summed E-state index contributed by atoms with van der Waals surface area (Å²) >= 11 is 0. The first-order valence-corrected chi connectivity index (χ1v) is 6.01. The van der Waals surface area contributed by atoms with Crippen LogP contribution in [0.5, 0.6) is 0 Å². The van der Waals surface area contributed by atoms with Gasteiger partial charge in [0.2, 0.25) is 0 Å². The number of nitrogens with one attached hydrogen (secondary N) is 1. The zero-order valence-electron chi connectivity index (χ0n) is 9.98. The molecule has 2 rings (SSSR count). The van der Waals surface area contributed by atoms with Crippen LogP contribution in [0.25, 0.3) is 0 Å². The van der Waals surface area contributed by atoms with Crippen molar-refractivity contribution in [3.63, 3.8) is 0 Å². The molecule has 1 fully saturated rings. The molecular weight excluding hydrogens is 214 g/mol. The molecule has 0 amide bonds. The average Bonchev–Trinajstić information content (AvgIpc) is 2.32. The van der Waals surface area contributed by atoms with Gasteiger partial charge in [0.15, 0.2) is 0 Å². The highest BCUT2D eigenvalue weighted by molar-refractivity contribution is 5.55. The van der Waals surface area contributed by atoms with Gasteiger partial charge in [0, 0.05) is 12.2 Å². The predicted molar refractivity (Wildman–Crippen MR) is 65.6 cm³/mol. The summed E-state index contributed by atoms with van der Waals surface area (Å²) in [5, 5.41) is 21.9. The summed E-state index contributed by atoms with van der Waals surface area (Å²) in [5.41, 5.74) is 1.57. The van der Waals surface area contributed by atoms with Gasteiger partial charge in [0.25, 0.3) is 0 Å². The Morgan fingerprint density at radius 3 is 2.76 bits per heavy atom. The zero-order chi connectivity index (χ0) is 12.3. The van der Waals surface area contributed by atoms with Gasteiger partial charge in [0.05, 0.1) is 11.7 Å². The number of hydrogen-bond acceptors (Lipinski definition) is 4. The van der Waals surface area contributed by atoms with Gasteiger partial charge in [-0.15, -0.1) is 0 Å². The SMILES string of the molecule is Cc1ccnc(NC2CCC(O)CC2)c1C#N. The lowest BCUT2D eigenvalue weighted by molar-refractivity contribution is 0.126. The van der Waals surface area contributed by atoms with E-state index in [1.165, 1.54) is 0 Å². The number of aliphatic hydroxyl groups is 1. The van der Waals surface area contributed by atoms with E-state index in [1.807, 2.05) is 13.0 Å². The molecule has 0 atom stereocenters. The minimum absolute atomic E-state index is 0.158. The van der Waals surface area contributed by atoms with Gasteiger partial charge in [-0.3, -0.25) is 0 Å². The third-order valence-electron chi connectivity index (χ3n) is 3.31.